The molecule has 0 aliphatic heterocycles. The highest BCUT2D eigenvalue weighted by atomic mass is 32.2. The van der Waals surface area contributed by atoms with Crippen molar-refractivity contribution in [3.8, 4) is 0 Å². The van der Waals surface area contributed by atoms with Gasteiger partial charge in [0.15, 0.2) is 0 Å². The Balaban J connectivity index is 2.37. The summed E-state index contributed by atoms with van der Waals surface area (Å²) in [5.74, 6) is -1.88. The van der Waals surface area contributed by atoms with Gasteiger partial charge in [0.2, 0.25) is 0 Å². The largest absolute Gasteiger partial charge is 0.280 e. The predicted molar refractivity (Wildman–Crippen MR) is 73.1 cm³/mol. The van der Waals surface area contributed by atoms with Crippen molar-refractivity contribution in [1.29, 1.82) is 0 Å². The van der Waals surface area contributed by atoms with Gasteiger partial charge in [0.1, 0.15) is 11.6 Å². The van der Waals surface area contributed by atoms with E-state index in [4.69, 9.17) is 0 Å². The number of nitrogens with one attached hydrogen (secondary N) is 1. The van der Waals surface area contributed by atoms with Crippen LogP contribution in [0, 0.1) is 25.5 Å². The zero-order valence-electron chi connectivity index (χ0n) is 10.9. The average molecular weight is 297 g/mol. The molecule has 2 rings (SSSR count). The lowest BCUT2D eigenvalue weighted by Gasteiger charge is -2.10. The number of hydrogen-bond acceptors (Lipinski definition) is 2. The zero-order valence-corrected chi connectivity index (χ0v) is 11.8. The van der Waals surface area contributed by atoms with E-state index in [-0.39, 0.29) is 0 Å². The molecule has 0 bridgehead atoms. The van der Waals surface area contributed by atoms with Gasteiger partial charge < -0.3 is 0 Å². The molecule has 0 unspecified atom stereocenters. The van der Waals surface area contributed by atoms with Gasteiger partial charge in [-0.15, -0.1) is 0 Å². The Labute approximate surface area is 116 Å². The van der Waals surface area contributed by atoms with Crippen molar-refractivity contribution in [2.45, 2.75) is 18.7 Å². The van der Waals surface area contributed by atoms with E-state index in [2.05, 4.69) is 4.72 Å². The van der Waals surface area contributed by atoms with Crippen molar-refractivity contribution in [3.63, 3.8) is 0 Å². The molecule has 3 nitrogen and oxygen atoms in total. The molecule has 20 heavy (non-hydrogen) atoms. The van der Waals surface area contributed by atoms with Crippen LogP contribution in [0.4, 0.5) is 14.5 Å². The van der Waals surface area contributed by atoms with Gasteiger partial charge in [0, 0.05) is 11.8 Å². The van der Waals surface area contributed by atoms with Crippen molar-refractivity contribution in [3.05, 3.63) is 59.2 Å². The van der Waals surface area contributed by atoms with Crippen LogP contribution in [0.2, 0.25) is 0 Å². The molecule has 0 atom stereocenters. The molecule has 0 heterocycles. The quantitative estimate of drug-likeness (QED) is 0.944. The van der Waals surface area contributed by atoms with E-state index >= 15 is 0 Å². The third-order valence-corrected chi connectivity index (χ3v) is 4.27. The van der Waals surface area contributed by atoms with E-state index in [1.807, 2.05) is 13.8 Å². The highest BCUT2D eigenvalue weighted by Gasteiger charge is 2.16. The van der Waals surface area contributed by atoms with Crippen molar-refractivity contribution >= 4 is 15.7 Å². The minimum absolute atomic E-state index is 0.345. The summed E-state index contributed by atoms with van der Waals surface area (Å²) in [4.78, 5) is -0.451. The Morgan fingerprint density at radius 1 is 0.900 bits per heavy atom. The van der Waals surface area contributed by atoms with Crippen molar-refractivity contribution < 1.29 is 17.2 Å². The van der Waals surface area contributed by atoms with Crippen LogP contribution in [0.25, 0.3) is 0 Å². The molecule has 6 heteroatoms. The lowest BCUT2D eigenvalue weighted by molar-refractivity contribution is 0.568. The number of halogens is 2. The number of anilines is 1. The molecule has 1 N–H and O–H groups in total. The minimum Gasteiger partial charge on any atom is -0.280 e. The third kappa shape index (κ3) is 3.14. The summed E-state index contributed by atoms with van der Waals surface area (Å²) in [6, 6.07) is 7.17. The third-order valence-electron chi connectivity index (χ3n) is 2.91. The topological polar surface area (TPSA) is 46.2 Å². The molecule has 2 aromatic rings. The highest BCUT2D eigenvalue weighted by Crippen LogP contribution is 2.20. The fourth-order valence-electron chi connectivity index (χ4n) is 1.70. The lowest BCUT2D eigenvalue weighted by Crippen LogP contribution is -2.13. The van der Waals surface area contributed by atoms with Gasteiger partial charge in [-0.05, 0) is 49.2 Å². The van der Waals surface area contributed by atoms with Gasteiger partial charge in [0.25, 0.3) is 10.0 Å². The summed E-state index contributed by atoms with van der Waals surface area (Å²) in [7, 11) is -4.02. The van der Waals surface area contributed by atoms with Crippen LogP contribution >= 0.6 is 0 Å². The second-order valence-corrected chi connectivity index (χ2v) is 6.19. The summed E-state index contributed by atoms with van der Waals surface area (Å²) in [5, 5.41) is 0. The Morgan fingerprint density at radius 3 is 2.05 bits per heavy atom. The predicted octanol–water partition coefficient (Wildman–Crippen LogP) is 3.38. The Kier molecular flexibility index (Phi) is 3.76. The molecule has 0 fully saturated rings. The van der Waals surface area contributed by atoms with Crippen LogP contribution in [-0.4, -0.2) is 8.42 Å². The summed E-state index contributed by atoms with van der Waals surface area (Å²) < 4.78 is 52.6. The van der Waals surface area contributed by atoms with Crippen molar-refractivity contribution in [2.75, 3.05) is 4.72 Å². The number of aryl methyl sites for hydroxylation is 2. The van der Waals surface area contributed by atoms with E-state index in [1.54, 1.807) is 18.2 Å². The maximum absolute atomic E-state index is 13.1. The SMILES string of the molecule is Cc1ccc(NS(=O)(=O)c2cc(F)cc(F)c2)cc1C. The Morgan fingerprint density at radius 2 is 1.50 bits per heavy atom. The standard InChI is InChI=1S/C14H13F2NO2S/c1-9-3-4-13(5-10(9)2)17-20(18,19)14-7-11(15)6-12(16)8-14/h3-8,17H,1-2H3. The molecule has 0 radical (unpaired) electrons. The maximum Gasteiger partial charge on any atom is 0.262 e. The molecular formula is C14H13F2NO2S. The van der Waals surface area contributed by atoms with Crippen LogP contribution in [0.3, 0.4) is 0 Å². The fraction of sp³-hybridized carbons (Fsp3) is 0.143. The van der Waals surface area contributed by atoms with E-state index in [1.165, 1.54) is 0 Å². The minimum atomic E-state index is -4.02. The molecular weight excluding hydrogens is 284 g/mol. The van der Waals surface area contributed by atoms with E-state index in [9.17, 15) is 17.2 Å². The van der Waals surface area contributed by atoms with Gasteiger partial charge in [-0.3, -0.25) is 4.72 Å². The molecule has 106 valence electrons. The average Bonchev–Trinajstić information content (AvgIpc) is 2.32. The molecule has 0 spiro atoms. The van der Waals surface area contributed by atoms with Gasteiger partial charge in [0.05, 0.1) is 4.90 Å². The smallest absolute Gasteiger partial charge is 0.262 e. The molecule has 0 saturated carbocycles. The van der Waals surface area contributed by atoms with E-state index < -0.39 is 26.6 Å². The summed E-state index contributed by atoms with van der Waals surface area (Å²) in [6.45, 7) is 3.74. The van der Waals surface area contributed by atoms with E-state index in [0.717, 1.165) is 23.3 Å². The van der Waals surface area contributed by atoms with Crippen molar-refractivity contribution in [2.24, 2.45) is 0 Å². The highest BCUT2D eigenvalue weighted by molar-refractivity contribution is 7.92. The first-order valence-corrected chi connectivity index (χ1v) is 7.32. The Bertz CT molecular complexity index is 738. The normalized spacial score (nSPS) is 11.4. The molecule has 0 aromatic heterocycles. The molecule has 0 aliphatic rings. The first-order valence-electron chi connectivity index (χ1n) is 5.84. The maximum atomic E-state index is 13.1. The molecule has 2 aromatic carbocycles. The van der Waals surface area contributed by atoms with Gasteiger partial charge in [-0.2, -0.15) is 0 Å². The second-order valence-electron chi connectivity index (χ2n) is 4.51. The van der Waals surface area contributed by atoms with Crippen LogP contribution in [0.15, 0.2) is 41.3 Å². The number of hydrogen-bond donors (Lipinski definition) is 1. The summed E-state index contributed by atoms with van der Waals surface area (Å²) >= 11 is 0. The lowest BCUT2D eigenvalue weighted by atomic mass is 10.1. The van der Waals surface area contributed by atoms with Gasteiger partial charge in [-0.1, -0.05) is 6.07 Å². The number of sulfonamides is 1. The molecule has 0 amide bonds. The van der Waals surface area contributed by atoms with Gasteiger partial charge >= 0.3 is 0 Å². The second kappa shape index (κ2) is 5.20. The molecule has 0 saturated heterocycles. The Hall–Kier alpha value is -1.95. The number of benzene rings is 2. The van der Waals surface area contributed by atoms with Crippen molar-refractivity contribution in [1.82, 2.24) is 0 Å². The van der Waals surface area contributed by atoms with Crippen LogP contribution in [0.1, 0.15) is 11.1 Å². The van der Waals surface area contributed by atoms with E-state index in [0.29, 0.717) is 11.8 Å². The first kappa shape index (κ1) is 14.5. The van der Waals surface area contributed by atoms with Gasteiger partial charge in [-0.25, -0.2) is 17.2 Å². The monoisotopic (exact) mass is 297 g/mol. The molecule has 0 aliphatic carbocycles. The fourth-order valence-corrected chi connectivity index (χ4v) is 2.79. The number of rotatable bonds is 3. The zero-order chi connectivity index (χ0) is 14.9. The summed E-state index contributed by atoms with van der Waals surface area (Å²) in [6.07, 6.45) is 0. The summed E-state index contributed by atoms with van der Waals surface area (Å²) in [5.41, 5.74) is 2.28. The van der Waals surface area contributed by atoms with Crippen LogP contribution in [0.5, 0.6) is 0 Å². The first-order chi connectivity index (χ1) is 9.28. The van der Waals surface area contributed by atoms with Crippen LogP contribution in [-0.2, 0) is 10.0 Å². The van der Waals surface area contributed by atoms with Crippen LogP contribution < -0.4 is 4.72 Å².